The molecule has 10 nitrogen and oxygen atoms in total. The zero-order valence-corrected chi connectivity index (χ0v) is 32.9. The van der Waals surface area contributed by atoms with Crippen LogP contribution in [0.4, 0.5) is 0 Å². The monoisotopic (exact) mass is 732 g/mol. The van der Waals surface area contributed by atoms with Crippen LogP contribution in [0, 0.1) is 22.7 Å². The van der Waals surface area contributed by atoms with Gasteiger partial charge in [-0.3, -0.25) is 0 Å². The Kier molecular flexibility index (Phi) is 7.40. The molecule has 4 aromatic carbocycles. The molecule has 2 N–H and O–H groups in total. The summed E-state index contributed by atoms with van der Waals surface area (Å²) in [6, 6.07) is 26.8. The van der Waals surface area contributed by atoms with Crippen molar-refractivity contribution in [2.75, 3.05) is 0 Å². The zero-order valence-electron chi connectivity index (χ0n) is 32.9. The van der Waals surface area contributed by atoms with Gasteiger partial charge in [0.25, 0.3) is 0 Å². The molecule has 274 valence electrons. The van der Waals surface area contributed by atoms with Crippen LogP contribution in [0.15, 0.2) is 66.7 Å². The van der Waals surface area contributed by atoms with Gasteiger partial charge < -0.3 is 9.97 Å². The maximum absolute atomic E-state index is 10.0. The molecule has 5 heterocycles. The molecule has 0 spiro atoms. The van der Waals surface area contributed by atoms with E-state index in [0.29, 0.717) is 56.7 Å². The second-order valence-corrected chi connectivity index (χ2v) is 17.8. The van der Waals surface area contributed by atoms with Crippen molar-refractivity contribution in [3.8, 4) is 57.7 Å². The topological polar surface area (TPSA) is 156 Å². The number of aromatic nitrogens is 8. The van der Waals surface area contributed by atoms with Crippen LogP contribution in [0.5, 0.6) is 0 Å². The fourth-order valence-electron chi connectivity index (χ4n) is 7.42. The third-order valence-electron chi connectivity index (χ3n) is 10.8. The van der Waals surface area contributed by atoms with Crippen molar-refractivity contribution in [2.45, 2.75) is 78.6 Å². The maximum Gasteiger partial charge on any atom is 0.164 e. The minimum absolute atomic E-state index is 0.101. The van der Waals surface area contributed by atoms with E-state index >= 15 is 0 Å². The largest absolute Gasteiger partial charge is 0.324 e. The molecule has 3 aromatic heterocycles. The van der Waals surface area contributed by atoms with Crippen LogP contribution in [0.3, 0.4) is 0 Å². The lowest BCUT2D eigenvalue weighted by Gasteiger charge is -2.19. The van der Waals surface area contributed by atoms with Crippen molar-refractivity contribution in [2.24, 2.45) is 0 Å². The first kappa shape index (κ1) is 35.0. The van der Waals surface area contributed by atoms with E-state index in [4.69, 9.17) is 29.9 Å². The predicted octanol–water partition coefficient (Wildman–Crippen LogP) is 10.5. The molecule has 9 rings (SSSR count). The Balaban J connectivity index is 1.49. The number of H-pyrrole nitrogens is 2. The van der Waals surface area contributed by atoms with Gasteiger partial charge in [-0.15, -0.1) is 0 Å². The van der Waals surface area contributed by atoms with Gasteiger partial charge in [0.1, 0.15) is 34.7 Å². The lowest BCUT2D eigenvalue weighted by molar-refractivity contribution is 0.590. The number of nitrogens with zero attached hydrogens (tertiary/aromatic N) is 8. The predicted molar refractivity (Wildman–Crippen MR) is 222 cm³/mol. The molecule has 0 aliphatic carbocycles. The summed E-state index contributed by atoms with van der Waals surface area (Å²) >= 11 is 0. The Hall–Kier alpha value is -6.78. The van der Waals surface area contributed by atoms with E-state index in [1.807, 2.05) is 0 Å². The van der Waals surface area contributed by atoms with Gasteiger partial charge in [-0.25, -0.2) is 29.9 Å². The minimum atomic E-state index is -0.132. The standard InChI is InChI=1S/C46H40N10/c1-44(2,3)25-10-13-28-33(18-25)41-50-36(28)49-39-31-16-23(21-47)24(22-48)17-32(31)40(55-39)56-43-35-20-27(46(7,8)9)12-15-30(35)38(54-43)53-42-34-19-26(45(4,5)6)11-14-29(34)37(51-41)52-42/h10-20H,1-9H3,(H2,49,50,51,52,53,54,55,56). The molecule has 0 atom stereocenters. The molecule has 0 saturated carbocycles. The molecule has 7 aromatic rings. The summed E-state index contributed by atoms with van der Waals surface area (Å²) in [5.41, 5.74) is 9.13. The van der Waals surface area contributed by atoms with E-state index in [0.717, 1.165) is 44.2 Å². The van der Waals surface area contributed by atoms with Gasteiger partial charge in [-0.1, -0.05) is 98.7 Å². The van der Waals surface area contributed by atoms with Crippen LogP contribution in [-0.4, -0.2) is 39.9 Å². The molecular formula is C46H40N10. The highest BCUT2D eigenvalue weighted by atomic mass is 15.1. The van der Waals surface area contributed by atoms with Crippen molar-refractivity contribution in [1.29, 1.82) is 10.5 Å². The van der Waals surface area contributed by atoms with E-state index in [2.05, 4.69) is 139 Å². The van der Waals surface area contributed by atoms with Gasteiger partial charge in [0.15, 0.2) is 23.3 Å². The van der Waals surface area contributed by atoms with Crippen molar-refractivity contribution >= 4 is 44.1 Å². The highest BCUT2D eigenvalue weighted by Crippen LogP contribution is 2.41. The number of nitriles is 2. The first-order valence-corrected chi connectivity index (χ1v) is 18.7. The average molecular weight is 733 g/mol. The minimum Gasteiger partial charge on any atom is -0.324 e. The summed E-state index contributed by atoms with van der Waals surface area (Å²) in [4.78, 5) is 38.0. The van der Waals surface area contributed by atoms with Crippen molar-refractivity contribution in [3.63, 3.8) is 0 Å². The summed E-state index contributed by atoms with van der Waals surface area (Å²) in [6.07, 6.45) is 0. The van der Waals surface area contributed by atoms with Gasteiger partial charge in [0, 0.05) is 43.8 Å². The summed E-state index contributed by atoms with van der Waals surface area (Å²) in [7, 11) is 0. The van der Waals surface area contributed by atoms with Crippen molar-refractivity contribution in [1.82, 2.24) is 39.9 Å². The van der Waals surface area contributed by atoms with Crippen LogP contribution in [0.25, 0.3) is 89.7 Å². The number of benzene rings is 4. The first-order chi connectivity index (χ1) is 26.5. The number of rotatable bonds is 0. The molecule has 2 aliphatic heterocycles. The van der Waals surface area contributed by atoms with Crippen molar-refractivity contribution < 1.29 is 0 Å². The van der Waals surface area contributed by atoms with Crippen molar-refractivity contribution in [3.05, 3.63) is 94.5 Å². The zero-order chi connectivity index (χ0) is 39.5. The Morgan fingerprint density at radius 2 is 0.732 bits per heavy atom. The van der Waals surface area contributed by atoms with Crippen LogP contribution in [-0.2, 0) is 16.2 Å². The number of nitrogens with one attached hydrogen (secondary N) is 2. The summed E-state index contributed by atoms with van der Waals surface area (Å²) in [6.45, 7) is 19.7. The normalized spacial score (nSPS) is 12.7. The molecule has 8 bridgehead atoms. The van der Waals surface area contributed by atoms with E-state index < -0.39 is 0 Å². The van der Waals surface area contributed by atoms with E-state index in [1.165, 1.54) is 5.56 Å². The number of hydrogen-bond acceptors (Lipinski definition) is 8. The van der Waals surface area contributed by atoms with Crippen LogP contribution >= 0.6 is 0 Å². The lowest BCUT2D eigenvalue weighted by Crippen LogP contribution is -2.10. The van der Waals surface area contributed by atoms with Gasteiger partial charge in [-0.05, 0) is 63.3 Å². The van der Waals surface area contributed by atoms with Gasteiger partial charge >= 0.3 is 0 Å². The molecular weight excluding hydrogens is 693 g/mol. The lowest BCUT2D eigenvalue weighted by atomic mass is 9.85. The first-order valence-electron chi connectivity index (χ1n) is 18.7. The summed E-state index contributed by atoms with van der Waals surface area (Å²) < 4.78 is 0. The molecule has 56 heavy (non-hydrogen) atoms. The fourth-order valence-corrected chi connectivity index (χ4v) is 7.42. The SMILES string of the molecule is CC(C)(C)c1ccc2c(c1)-c1nc-2nc2[nH]c(nc3nc(nc4[nH]c(n1)c1ccc(C(C)(C)C)cc41)-c1ccc(C(C)(C)C)cc1-3)c1cc(C#N)c(C#N)cc21. The average Bonchev–Trinajstić information content (AvgIpc) is 3.87. The molecule has 2 aliphatic rings. The second-order valence-electron chi connectivity index (χ2n) is 17.8. The Bertz CT molecular complexity index is 3110. The Morgan fingerprint density at radius 3 is 1.12 bits per heavy atom. The Morgan fingerprint density at radius 1 is 0.393 bits per heavy atom. The van der Waals surface area contributed by atoms with Crippen LogP contribution in [0.2, 0.25) is 0 Å². The third-order valence-corrected chi connectivity index (χ3v) is 10.8. The number of hydrogen-bond donors (Lipinski definition) is 2. The van der Waals surface area contributed by atoms with Gasteiger partial charge in [0.05, 0.1) is 11.1 Å². The molecule has 0 unspecified atom stereocenters. The highest BCUT2D eigenvalue weighted by Gasteiger charge is 2.26. The third kappa shape index (κ3) is 5.60. The fraction of sp³-hybridized carbons (Fsp3) is 0.261. The summed E-state index contributed by atoms with van der Waals surface area (Å²) in [5.74, 6) is 1.97. The van der Waals surface area contributed by atoms with E-state index in [9.17, 15) is 10.5 Å². The molecule has 0 saturated heterocycles. The van der Waals surface area contributed by atoms with Gasteiger partial charge in [0.2, 0.25) is 0 Å². The number of aromatic amines is 2. The second kappa shape index (κ2) is 11.9. The smallest absolute Gasteiger partial charge is 0.164 e. The van der Waals surface area contributed by atoms with Crippen LogP contribution in [0.1, 0.15) is 90.1 Å². The highest BCUT2D eigenvalue weighted by molar-refractivity contribution is 6.07. The van der Waals surface area contributed by atoms with E-state index in [-0.39, 0.29) is 27.4 Å². The Labute approximate surface area is 324 Å². The van der Waals surface area contributed by atoms with E-state index in [1.54, 1.807) is 12.1 Å². The molecule has 0 fully saturated rings. The maximum atomic E-state index is 10.0. The quantitative estimate of drug-likeness (QED) is 0.156. The molecule has 0 radical (unpaired) electrons. The van der Waals surface area contributed by atoms with Crippen LogP contribution < -0.4 is 0 Å². The molecule has 0 amide bonds. The summed E-state index contributed by atoms with van der Waals surface area (Å²) in [5, 5.41) is 23.2. The number of fused-ring (bicyclic) bond motifs is 20. The molecule has 10 heteroatoms. The van der Waals surface area contributed by atoms with Gasteiger partial charge in [-0.2, -0.15) is 10.5 Å².